The van der Waals surface area contributed by atoms with Crippen LogP contribution in [0.2, 0.25) is 0 Å². The molecule has 2 nitrogen and oxygen atoms in total. The third kappa shape index (κ3) is 2.39. The molecule has 4 heteroatoms. The fraction of sp³-hybridized carbons (Fsp3) is 0.312. The Morgan fingerprint density at radius 3 is 2.65 bits per heavy atom. The van der Waals surface area contributed by atoms with E-state index in [1.54, 1.807) is 11.3 Å². The van der Waals surface area contributed by atoms with Crippen molar-refractivity contribution in [2.45, 2.75) is 24.5 Å². The van der Waals surface area contributed by atoms with E-state index in [1.807, 2.05) is 42.8 Å². The number of thiophene rings is 1. The Balaban J connectivity index is 1.95. The van der Waals surface area contributed by atoms with Gasteiger partial charge < -0.3 is 10.0 Å². The van der Waals surface area contributed by atoms with Crippen LogP contribution in [0.5, 0.6) is 0 Å². The van der Waals surface area contributed by atoms with E-state index in [4.69, 9.17) is 12.2 Å². The first-order valence-corrected chi connectivity index (χ1v) is 7.99. The van der Waals surface area contributed by atoms with Crippen molar-refractivity contribution < 1.29 is 5.11 Å². The number of likely N-dealkylation sites (tertiary alicyclic amines) is 1. The number of aliphatic hydroxyl groups excluding tert-OH is 1. The highest BCUT2D eigenvalue weighted by Crippen LogP contribution is 2.41. The Bertz CT molecular complexity index is 582. The standard InChI is InChI=1S/C16H17NOS2/c1-17-14(19)10-12(11-6-3-2-4-7-11)15(17)16(18)13-8-5-9-20-13/h2-9,12,15-16,18H,10H2,1H3. The smallest absolute Gasteiger partial charge is 0.109 e. The van der Waals surface area contributed by atoms with Gasteiger partial charge >= 0.3 is 0 Å². The minimum atomic E-state index is -0.495. The molecule has 20 heavy (non-hydrogen) atoms. The van der Waals surface area contributed by atoms with Gasteiger partial charge in [-0.2, -0.15) is 0 Å². The zero-order valence-corrected chi connectivity index (χ0v) is 12.9. The van der Waals surface area contributed by atoms with Crippen LogP contribution in [0.1, 0.15) is 28.9 Å². The van der Waals surface area contributed by atoms with Crippen LogP contribution in [0.4, 0.5) is 0 Å². The molecule has 0 bridgehead atoms. The molecule has 1 N–H and O–H groups in total. The van der Waals surface area contributed by atoms with E-state index in [9.17, 15) is 5.11 Å². The highest BCUT2D eigenvalue weighted by Gasteiger charge is 2.41. The van der Waals surface area contributed by atoms with Gasteiger partial charge in [0.15, 0.2) is 0 Å². The summed E-state index contributed by atoms with van der Waals surface area (Å²) in [5, 5.41) is 12.7. The van der Waals surface area contributed by atoms with Crippen molar-refractivity contribution in [2.24, 2.45) is 0 Å². The van der Waals surface area contributed by atoms with Crippen molar-refractivity contribution in [3.63, 3.8) is 0 Å². The SMILES string of the molecule is CN1C(=S)CC(c2ccccc2)C1C(O)c1cccs1. The van der Waals surface area contributed by atoms with E-state index in [-0.39, 0.29) is 12.0 Å². The average molecular weight is 303 g/mol. The fourth-order valence-electron chi connectivity index (χ4n) is 2.96. The largest absolute Gasteiger partial charge is 0.385 e. The molecule has 0 spiro atoms. The summed E-state index contributed by atoms with van der Waals surface area (Å²) in [7, 11) is 1.99. The first-order valence-electron chi connectivity index (χ1n) is 6.70. The maximum absolute atomic E-state index is 10.7. The number of hydrogen-bond acceptors (Lipinski definition) is 3. The topological polar surface area (TPSA) is 23.5 Å². The van der Waals surface area contributed by atoms with Crippen LogP contribution in [0.3, 0.4) is 0 Å². The summed E-state index contributed by atoms with van der Waals surface area (Å²) < 4.78 is 0. The van der Waals surface area contributed by atoms with E-state index in [0.717, 1.165) is 16.3 Å². The molecule has 0 amide bonds. The molecule has 3 unspecified atom stereocenters. The number of benzene rings is 1. The third-order valence-corrected chi connectivity index (χ3v) is 5.43. The van der Waals surface area contributed by atoms with Crippen molar-refractivity contribution in [3.05, 3.63) is 58.3 Å². The van der Waals surface area contributed by atoms with E-state index in [0.29, 0.717) is 0 Å². The normalized spacial score (nSPS) is 24.1. The monoisotopic (exact) mass is 303 g/mol. The molecule has 0 aliphatic carbocycles. The Morgan fingerprint density at radius 1 is 1.25 bits per heavy atom. The molecule has 0 radical (unpaired) electrons. The van der Waals surface area contributed by atoms with Crippen molar-refractivity contribution in [2.75, 3.05) is 7.05 Å². The number of nitrogens with zero attached hydrogens (tertiary/aromatic N) is 1. The maximum Gasteiger partial charge on any atom is 0.109 e. The van der Waals surface area contributed by atoms with Gasteiger partial charge in [-0.25, -0.2) is 0 Å². The molecule has 1 saturated heterocycles. The first-order chi connectivity index (χ1) is 9.68. The lowest BCUT2D eigenvalue weighted by atomic mass is 9.88. The van der Waals surface area contributed by atoms with Crippen LogP contribution in [0, 0.1) is 0 Å². The first kappa shape index (κ1) is 13.7. The molecular formula is C16H17NOS2. The van der Waals surface area contributed by atoms with Crippen molar-refractivity contribution in [1.82, 2.24) is 4.90 Å². The van der Waals surface area contributed by atoms with Crippen LogP contribution in [-0.4, -0.2) is 28.1 Å². The molecule has 1 aromatic carbocycles. The van der Waals surface area contributed by atoms with E-state index in [1.165, 1.54) is 5.56 Å². The highest BCUT2D eigenvalue weighted by molar-refractivity contribution is 7.80. The lowest BCUT2D eigenvalue weighted by molar-refractivity contribution is 0.0956. The minimum Gasteiger partial charge on any atom is -0.385 e. The summed E-state index contributed by atoms with van der Waals surface area (Å²) in [5.41, 5.74) is 1.25. The van der Waals surface area contributed by atoms with Gasteiger partial charge in [0, 0.05) is 24.3 Å². The summed E-state index contributed by atoms with van der Waals surface area (Å²) in [4.78, 5) is 4.00. The molecule has 3 rings (SSSR count). The van der Waals surface area contributed by atoms with Crippen LogP contribution >= 0.6 is 23.6 Å². The molecule has 2 heterocycles. The van der Waals surface area contributed by atoms with Gasteiger partial charge in [0.05, 0.1) is 11.0 Å². The van der Waals surface area contributed by atoms with Gasteiger partial charge in [-0.15, -0.1) is 11.3 Å². The molecule has 104 valence electrons. The van der Waals surface area contributed by atoms with Crippen LogP contribution in [0.15, 0.2) is 47.8 Å². The number of likely N-dealkylation sites (N-methyl/N-ethyl adjacent to an activating group) is 1. The Morgan fingerprint density at radius 2 is 2.00 bits per heavy atom. The molecule has 0 saturated carbocycles. The molecule has 1 aromatic heterocycles. The second kappa shape index (κ2) is 5.64. The molecule has 1 aliphatic rings. The van der Waals surface area contributed by atoms with Gasteiger partial charge in [-0.3, -0.25) is 0 Å². The summed E-state index contributed by atoms with van der Waals surface area (Å²) in [6.45, 7) is 0. The Hall–Kier alpha value is -1.23. The predicted molar refractivity (Wildman–Crippen MR) is 87.2 cm³/mol. The van der Waals surface area contributed by atoms with Crippen LogP contribution < -0.4 is 0 Å². The molecule has 1 fully saturated rings. The van der Waals surface area contributed by atoms with Gasteiger partial charge in [0.1, 0.15) is 6.10 Å². The molecule has 2 aromatic rings. The van der Waals surface area contributed by atoms with Crippen molar-refractivity contribution >= 4 is 28.5 Å². The summed E-state index contributed by atoms with van der Waals surface area (Å²) in [5.74, 6) is 0.255. The summed E-state index contributed by atoms with van der Waals surface area (Å²) in [6.07, 6.45) is 0.341. The van der Waals surface area contributed by atoms with Gasteiger partial charge in [0.2, 0.25) is 0 Å². The van der Waals surface area contributed by atoms with Crippen LogP contribution in [0.25, 0.3) is 0 Å². The zero-order chi connectivity index (χ0) is 14.1. The van der Waals surface area contributed by atoms with E-state index >= 15 is 0 Å². The minimum absolute atomic E-state index is 0.0172. The van der Waals surface area contributed by atoms with Crippen molar-refractivity contribution in [3.8, 4) is 0 Å². The number of thiocarbonyl (C=S) groups is 1. The van der Waals surface area contributed by atoms with Gasteiger partial charge in [-0.05, 0) is 17.0 Å². The average Bonchev–Trinajstić information content (AvgIpc) is 3.09. The lowest BCUT2D eigenvalue weighted by Crippen LogP contribution is -2.35. The number of aliphatic hydroxyl groups is 1. The molecule has 3 atom stereocenters. The molecule has 1 aliphatic heterocycles. The Labute approximate surface area is 128 Å². The highest BCUT2D eigenvalue weighted by atomic mass is 32.1. The van der Waals surface area contributed by atoms with E-state index in [2.05, 4.69) is 17.0 Å². The lowest BCUT2D eigenvalue weighted by Gasteiger charge is -2.30. The van der Waals surface area contributed by atoms with Crippen molar-refractivity contribution in [1.29, 1.82) is 0 Å². The Kier molecular flexibility index (Phi) is 3.87. The zero-order valence-electron chi connectivity index (χ0n) is 11.3. The second-order valence-electron chi connectivity index (χ2n) is 5.18. The quantitative estimate of drug-likeness (QED) is 0.877. The second-order valence-corrected chi connectivity index (χ2v) is 6.63. The van der Waals surface area contributed by atoms with E-state index < -0.39 is 6.10 Å². The predicted octanol–water partition coefficient (Wildman–Crippen LogP) is 3.60. The number of rotatable bonds is 3. The third-order valence-electron chi connectivity index (χ3n) is 4.03. The molecular weight excluding hydrogens is 286 g/mol. The summed E-state index contributed by atoms with van der Waals surface area (Å²) in [6, 6.07) is 14.4. The summed E-state index contributed by atoms with van der Waals surface area (Å²) >= 11 is 7.06. The number of hydrogen-bond donors (Lipinski definition) is 1. The maximum atomic E-state index is 10.7. The van der Waals surface area contributed by atoms with Crippen LogP contribution in [-0.2, 0) is 0 Å². The fourth-order valence-corrected chi connectivity index (χ4v) is 4.02. The van der Waals surface area contributed by atoms with Gasteiger partial charge in [-0.1, -0.05) is 48.6 Å². The van der Waals surface area contributed by atoms with Gasteiger partial charge in [0.25, 0.3) is 0 Å².